The average molecular weight is 444 g/mol. The third-order valence-corrected chi connectivity index (χ3v) is 9.45. The standard InChI is InChI=1S/C26H31F2NO3/c1-25-11-9-20-17(6-8-22-26(20,2)12-10-23(30)29-22)19(25)7-3-15(25)14-32-24(31)18-5-4-16(27)13-21(18)28/h4-5,10,12-13,15,17,19-20,22H,3,6-9,11,14H2,1-2H3,(H,29,30)/t15-,17?,19?,20?,22?,25-,26-/m1/s1. The van der Waals surface area contributed by atoms with Crippen LogP contribution >= 0.6 is 0 Å². The number of ether oxygens (including phenoxy) is 1. The predicted molar refractivity (Wildman–Crippen MR) is 116 cm³/mol. The molecule has 6 heteroatoms. The first-order valence-corrected chi connectivity index (χ1v) is 11.8. The first-order valence-electron chi connectivity index (χ1n) is 11.8. The van der Waals surface area contributed by atoms with Crippen molar-refractivity contribution in [2.45, 2.75) is 58.4 Å². The van der Waals surface area contributed by atoms with Gasteiger partial charge in [-0.25, -0.2) is 13.6 Å². The molecule has 0 bridgehead atoms. The Labute approximate surface area is 187 Å². The van der Waals surface area contributed by atoms with E-state index in [-0.39, 0.29) is 40.9 Å². The molecule has 0 spiro atoms. The van der Waals surface area contributed by atoms with Crippen LogP contribution in [0.4, 0.5) is 8.78 Å². The zero-order chi connectivity index (χ0) is 22.7. The van der Waals surface area contributed by atoms with E-state index in [1.54, 1.807) is 6.08 Å². The number of esters is 1. The van der Waals surface area contributed by atoms with Crippen molar-refractivity contribution in [2.75, 3.05) is 6.61 Å². The molecule has 32 heavy (non-hydrogen) atoms. The summed E-state index contributed by atoms with van der Waals surface area (Å²) >= 11 is 0. The van der Waals surface area contributed by atoms with Crippen LogP contribution in [0.1, 0.15) is 62.7 Å². The zero-order valence-electron chi connectivity index (χ0n) is 18.7. The van der Waals surface area contributed by atoms with Crippen molar-refractivity contribution in [3.8, 4) is 0 Å². The number of rotatable bonds is 3. The molecular formula is C26H31F2NO3. The molecule has 5 rings (SSSR count). The number of hydrogen-bond acceptors (Lipinski definition) is 3. The van der Waals surface area contributed by atoms with Crippen molar-refractivity contribution >= 4 is 11.9 Å². The molecule has 0 saturated heterocycles. The summed E-state index contributed by atoms with van der Waals surface area (Å²) in [6.45, 7) is 4.92. The maximum Gasteiger partial charge on any atom is 0.341 e. The van der Waals surface area contributed by atoms with Gasteiger partial charge in [-0.3, -0.25) is 4.79 Å². The monoisotopic (exact) mass is 443 g/mol. The molecule has 1 aromatic carbocycles. The van der Waals surface area contributed by atoms with E-state index < -0.39 is 17.6 Å². The van der Waals surface area contributed by atoms with Crippen LogP contribution in [-0.2, 0) is 9.53 Å². The van der Waals surface area contributed by atoms with E-state index in [0.29, 0.717) is 23.8 Å². The SMILES string of the molecule is C[C@]12C=CC(=O)NC1CCC1C2CC[C@@]2(C)C1CC[C@@H]2COC(=O)c1ccc(F)cc1F. The number of carbonyl (C=O) groups is 2. The lowest BCUT2D eigenvalue weighted by atomic mass is 9.48. The third kappa shape index (κ3) is 3.29. The highest BCUT2D eigenvalue weighted by Crippen LogP contribution is 2.64. The summed E-state index contributed by atoms with van der Waals surface area (Å²) in [4.78, 5) is 24.3. The molecule has 1 heterocycles. The van der Waals surface area contributed by atoms with E-state index in [1.807, 2.05) is 0 Å². The highest BCUT2D eigenvalue weighted by molar-refractivity contribution is 5.89. The van der Waals surface area contributed by atoms with Gasteiger partial charge in [0.15, 0.2) is 0 Å². The van der Waals surface area contributed by atoms with Gasteiger partial charge >= 0.3 is 5.97 Å². The molecule has 7 atom stereocenters. The molecule has 3 saturated carbocycles. The molecule has 4 unspecified atom stereocenters. The molecule has 0 radical (unpaired) electrons. The summed E-state index contributed by atoms with van der Waals surface area (Å²) in [7, 11) is 0. The zero-order valence-corrected chi connectivity index (χ0v) is 18.7. The quantitative estimate of drug-likeness (QED) is 0.667. The van der Waals surface area contributed by atoms with Crippen LogP contribution in [0.3, 0.4) is 0 Å². The topological polar surface area (TPSA) is 55.4 Å². The number of halogens is 2. The second-order valence-electron chi connectivity index (χ2n) is 10.8. The first kappa shape index (κ1) is 21.6. The van der Waals surface area contributed by atoms with E-state index in [4.69, 9.17) is 4.74 Å². The van der Waals surface area contributed by atoms with Gasteiger partial charge in [-0.2, -0.15) is 0 Å². The molecule has 1 aliphatic heterocycles. The molecule has 1 N–H and O–H groups in total. The van der Waals surface area contributed by atoms with E-state index in [9.17, 15) is 18.4 Å². The molecule has 0 aromatic heterocycles. The van der Waals surface area contributed by atoms with Crippen LogP contribution in [0, 0.1) is 46.1 Å². The summed E-state index contributed by atoms with van der Waals surface area (Å²) in [6, 6.07) is 3.15. The molecule has 1 amide bonds. The van der Waals surface area contributed by atoms with Crippen molar-refractivity contribution in [2.24, 2.45) is 34.5 Å². The van der Waals surface area contributed by atoms with E-state index >= 15 is 0 Å². The second kappa shape index (κ2) is 7.67. The lowest BCUT2D eigenvalue weighted by Gasteiger charge is -2.58. The van der Waals surface area contributed by atoms with Crippen molar-refractivity contribution in [3.63, 3.8) is 0 Å². The van der Waals surface area contributed by atoms with Crippen LogP contribution in [0.25, 0.3) is 0 Å². The number of nitrogens with one attached hydrogen (secondary N) is 1. The van der Waals surface area contributed by atoms with Gasteiger partial charge in [0, 0.05) is 17.5 Å². The normalized spacial score (nSPS) is 40.1. The highest BCUT2D eigenvalue weighted by atomic mass is 19.1. The molecular weight excluding hydrogens is 412 g/mol. The Kier molecular flexibility index (Phi) is 5.18. The molecule has 4 nitrogen and oxygen atoms in total. The Bertz CT molecular complexity index is 978. The van der Waals surface area contributed by atoms with Gasteiger partial charge in [-0.15, -0.1) is 0 Å². The Hall–Kier alpha value is -2.24. The second-order valence-corrected chi connectivity index (χ2v) is 10.8. The lowest BCUT2D eigenvalue weighted by Crippen LogP contribution is -2.59. The van der Waals surface area contributed by atoms with Crippen molar-refractivity contribution < 1.29 is 23.1 Å². The fraction of sp³-hybridized carbons (Fsp3) is 0.615. The summed E-state index contributed by atoms with van der Waals surface area (Å²) in [5, 5.41) is 3.19. The summed E-state index contributed by atoms with van der Waals surface area (Å²) in [5.74, 6) is -0.340. The Balaban J connectivity index is 1.29. The fourth-order valence-electron chi connectivity index (χ4n) is 7.63. The average Bonchev–Trinajstić information content (AvgIpc) is 3.09. The van der Waals surface area contributed by atoms with Crippen LogP contribution in [0.15, 0.2) is 30.4 Å². The van der Waals surface area contributed by atoms with Crippen molar-refractivity contribution in [1.82, 2.24) is 5.32 Å². The Morgan fingerprint density at radius 3 is 2.72 bits per heavy atom. The molecule has 172 valence electrons. The first-order chi connectivity index (χ1) is 15.2. The van der Waals surface area contributed by atoms with E-state index in [1.165, 1.54) is 0 Å². The minimum atomic E-state index is -0.886. The summed E-state index contributed by atoms with van der Waals surface area (Å²) in [5.41, 5.74) is -0.122. The number of hydrogen-bond donors (Lipinski definition) is 1. The summed E-state index contributed by atoms with van der Waals surface area (Å²) < 4.78 is 32.6. The van der Waals surface area contributed by atoms with Crippen molar-refractivity contribution in [1.29, 1.82) is 0 Å². The highest BCUT2D eigenvalue weighted by Gasteiger charge is 2.59. The number of amides is 1. The number of fused-ring (bicyclic) bond motifs is 5. The van der Waals surface area contributed by atoms with Gasteiger partial charge in [-0.05, 0) is 85.8 Å². The lowest BCUT2D eigenvalue weighted by molar-refractivity contribution is -0.122. The minimum absolute atomic E-state index is 0.00280. The van der Waals surface area contributed by atoms with Gasteiger partial charge in [0.25, 0.3) is 0 Å². The van der Waals surface area contributed by atoms with Crippen molar-refractivity contribution in [3.05, 3.63) is 47.5 Å². The largest absolute Gasteiger partial charge is 0.462 e. The van der Waals surface area contributed by atoms with Crippen LogP contribution in [0.2, 0.25) is 0 Å². The number of carbonyl (C=O) groups excluding carboxylic acids is 2. The predicted octanol–water partition coefficient (Wildman–Crippen LogP) is 5.04. The van der Waals surface area contributed by atoms with Gasteiger partial charge in [0.1, 0.15) is 11.6 Å². The van der Waals surface area contributed by atoms with E-state index in [0.717, 1.165) is 50.7 Å². The Morgan fingerprint density at radius 1 is 1.12 bits per heavy atom. The smallest absolute Gasteiger partial charge is 0.341 e. The number of benzene rings is 1. The van der Waals surface area contributed by atoms with Crippen LogP contribution < -0.4 is 5.32 Å². The fourth-order valence-corrected chi connectivity index (χ4v) is 7.63. The summed E-state index contributed by atoms with van der Waals surface area (Å²) in [6.07, 6.45) is 10.3. The van der Waals surface area contributed by atoms with Crippen LogP contribution in [0.5, 0.6) is 0 Å². The molecule has 4 aliphatic rings. The van der Waals surface area contributed by atoms with Gasteiger partial charge in [0.2, 0.25) is 5.91 Å². The molecule has 3 aliphatic carbocycles. The molecule has 3 fully saturated rings. The Morgan fingerprint density at radius 2 is 1.94 bits per heavy atom. The maximum atomic E-state index is 14.0. The molecule has 1 aromatic rings. The van der Waals surface area contributed by atoms with Gasteiger partial charge < -0.3 is 10.1 Å². The third-order valence-electron chi connectivity index (χ3n) is 9.45. The minimum Gasteiger partial charge on any atom is -0.462 e. The van der Waals surface area contributed by atoms with Gasteiger partial charge in [-0.1, -0.05) is 19.9 Å². The van der Waals surface area contributed by atoms with Crippen LogP contribution in [-0.4, -0.2) is 24.5 Å². The van der Waals surface area contributed by atoms with E-state index in [2.05, 4.69) is 25.2 Å². The maximum absolute atomic E-state index is 14.0. The van der Waals surface area contributed by atoms with Gasteiger partial charge in [0.05, 0.1) is 12.2 Å².